The van der Waals surface area contributed by atoms with Crippen molar-refractivity contribution in [3.63, 3.8) is 0 Å². The summed E-state index contributed by atoms with van der Waals surface area (Å²) in [6, 6.07) is 5.91. The summed E-state index contributed by atoms with van der Waals surface area (Å²) in [7, 11) is 2.99. The molecule has 0 amide bonds. The second kappa shape index (κ2) is 4.41. The van der Waals surface area contributed by atoms with Crippen molar-refractivity contribution in [2.75, 3.05) is 7.11 Å². The molecule has 1 rings (SSSR count). The molecule has 62 valence electrons. The van der Waals surface area contributed by atoms with Crippen molar-refractivity contribution in [1.29, 1.82) is 0 Å². The van der Waals surface area contributed by atoms with Gasteiger partial charge < -0.3 is 0 Å². The molecule has 1 aromatic rings. The molecule has 0 unspecified atom stereocenters. The molecule has 0 atom stereocenters. The monoisotopic (exact) mass is 225 g/mol. The van der Waals surface area contributed by atoms with Crippen molar-refractivity contribution in [2.24, 2.45) is 4.90 Å². The van der Waals surface area contributed by atoms with Gasteiger partial charge in [-0.15, -0.1) is 0 Å². The van der Waals surface area contributed by atoms with Gasteiger partial charge in [0.25, 0.3) is 0 Å². The molecular weight excluding hydrogens is 217 g/mol. The van der Waals surface area contributed by atoms with Crippen molar-refractivity contribution in [2.45, 2.75) is 6.92 Å². The fourth-order valence-electron chi connectivity index (χ4n) is 0.841. The summed E-state index contributed by atoms with van der Waals surface area (Å²) in [6.07, 6.45) is 0. The Hall–Kier alpha value is -0.635. The van der Waals surface area contributed by atoms with Gasteiger partial charge in [0, 0.05) is 0 Å². The summed E-state index contributed by atoms with van der Waals surface area (Å²) in [5.41, 5.74) is 2.05. The second-order valence-electron chi connectivity index (χ2n) is 2.38. The van der Waals surface area contributed by atoms with Gasteiger partial charge in [0.15, 0.2) is 0 Å². The predicted molar refractivity (Wildman–Crippen MR) is 53.7 cm³/mol. The normalized spacial score (nSPS) is 9.92. The second-order valence-corrected chi connectivity index (χ2v) is 3.17. The van der Waals surface area contributed by atoms with Gasteiger partial charge >= 0.3 is 80.7 Å². The molecule has 0 fully saturated rings. The number of rotatable bonds is 2. The molecule has 0 aromatic heterocycles. The van der Waals surface area contributed by atoms with Gasteiger partial charge in [0.05, 0.1) is 0 Å². The van der Waals surface area contributed by atoms with Gasteiger partial charge in [0.1, 0.15) is 0 Å². The van der Waals surface area contributed by atoms with Crippen LogP contribution in [0.15, 0.2) is 27.6 Å². The molecule has 0 heterocycles. The van der Waals surface area contributed by atoms with Crippen LogP contribution in [0, 0.1) is 6.92 Å². The molecule has 12 heavy (non-hydrogen) atoms. The molecule has 0 saturated carbocycles. The van der Waals surface area contributed by atoms with Crippen molar-refractivity contribution in [1.82, 2.24) is 0 Å². The molecule has 4 heteroatoms. The maximum atomic E-state index is 4.73. The maximum absolute atomic E-state index is 4.73. The van der Waals surface area contributed by atoms with Crippen LogP contribution in [0.25, 0.3) is 0 Å². The third kappa shape index (κ3) is 2.17. The molecule has 1 aromatic carbocycles. The number of hydrogen-bond acceptors (Lipinski definition) is 2. The zero-order chi connectivity index (χ0) is 8.97. The van der Waals surface area contributed by atoms with Crippen LogP contribution in [0.4, 0.5) is 5.69 Å². The van der Waals surface area contributed by atoms with Crippen LogP contribution in [-0.4, -0.2) is 14.4 Å². The van der Waals surface area contributed by atoms with E-state index in [-0.39, 0.29) is 0 Å². The number of nitrogens with zero attached hydrogens (tertiary/aromatic N) is 1. The van der Waals surface area contributed by atoms with Crippen molar-refractivity contribution in [3.8, 4) is 0 Å². The number of aryl methyl sites for hydroxylation is 1. The van der Waals surface area contributed by atoms with E-state index in [0.29, 0.717) is 0 Å². The Labute approximate surface area is 81.1 Å². The minimum absolute atomic E-state index is 0.886. The van der Waals surface area contributed by atoms with E-state index >= 15 is 0 Å². The number of halogens is 1. The van der Waals surface area contributed by atoms with Crippen LogP contribution in [-0.2, 0) is 4.65 Å². The first kappa shape index (κ1) is 9.45. The van der Waals surface area contributed by atoms with Gasteiger partial charge in [-0.2, -0.15) is 0 Å². The van der Waals surface area contributed by atoms with Crippen molar-refractivity contribution < 1.29 is 4.65 Å². The van der Waals surface area contributed by atoms with E-state index in [2.05, 4.69) is 20.8 Å². The Bertz CT molecular complexity index is 301. The average Bonchev–Trinajstić information content (AvgIpc) is 2.08. The summed E-state index contributed by atoms with van der Waals surface area (Å²) in [4.78, 5) is 4.09. The van der Waals surface area contributed by atoms with Crippen LogP contribution < -0.4 is 0 Å². The molecule has 0 bridgehead atoms. The fraction of sp³-hybridized carbons (Fsp3) is 0.250. The van der Waals surface area contributed by atoms with Crippen LogP contribution in [0.5, 0.6) is 0 Å². The Kier molecular flexibility index (Phi) is 3.47. The van der Waals surface area contributed by atoms with Gasteiger partial charge in [-0.3, -0.25) is 0 Å². The summed E-state index contributed by atoms with van der Waals surface area (Å²) in [6.45, 7) is 2.02. The van der Waals surface area contributed by atoms with Crippen molar-refractivity contribution >= 4 is 28.9 Å². The van der Waals surface area contributed by atoms with Crippen LogP contribution in [0.3, 0.4) is 0 Å². The Balaban J connectivity index is 3.00. The molecule has 0 aliphatic carbocycles. The van der Waals surface area contributed by atoms with E-state index in [4.69, 9.17) is 4.65 Å². The molecule has 0 radical (unpaired) electrons. The third-order valence-electron chi connectivity index (χ3n) is 1.47. The number of hydrogen-bond donors (Lipinski definition) is 0. The van der Waals surface area contributed by atoms with Gasteiger partial charge in [-0.05, 0) is 0 Å². The third-order valence-corrected chi connectivity index (χ3v) is 2.50. The topological polar surface area (TPSA) is 21.6 Å². The average molecular weight is 226 g/mol. The molecule has 0 N–H and O–H groups in total. The van der Waals surface area contributed by atoms with Crippen LogP contribution in [0.2, 0.25) is 0 Å². The summed E-state index contributed by atoms with van der Waals surface area (Å²) in [5.74, 6) is 0. The Morgan fingerprint density at radius 3 is 2.92 bits per heavy atom. The first-order valence-electron chi connectivity index (χ1n) is 3.56. The zero-order valence-electron chi connectivity index (χ0n) is 7.04. The Morgan fingerprint density at radius 1 is 1.50 bits per heavy atom. The van der Waals surface area contributed by atoms with Gasteiger partial charge in [0.2, 0.25) is 0 Å². The number of benzene rings is 1. The molecule has 0 saturated heterocycles. The fourth-order valence-corrected chi connectivity index (χ4v) is 1.21. The summed E-state index contributed by atoms with van der Waals surface area (Å²) in [5, 5.41) is 0. The van der Waals surface area contributed by atoms with Crippen LogP contribution in [0.1, 0.15) is 5.56 Å². The first-order valence-corrected chi connectivity index (χ1v) is 4.35. The van der Waals surface area contributed by atoms with E-state index in [1.165, 1.54) is 12.8 Å². The van der Waals surface area contributed by atoms with E-state index < -0.39 is 0 Å². The summed E-state index contributed by atoms with van der Waals surface area (Å²) < 4.78 is 5.74. The molecule has 0 aliphatic rings. The van der Waals surface area contributed by atoms with E-state index in [9.17, 15) is 0 Å². The van der Waals surface area contributed by atoms with Crippen molar-refractivity contribution in [3.05, 3.63) is 28.2 Å². The van der Waals surface area contributed by atoms with E-state index in [1.54, 1.807) is 7.11 Å². The first-order chi connectivity index (χ1) is 5.75. The molecule has 2 nitrogen and oxygen atoms in total. The van der Waals surface area contributed by atoms with E-state index in [0.717, 1.165) is 10.2 Å². The molecule has 0 spiro atoms. The molecule has 0 aliphatic heterocycles. The SMILES string of the molecule is COB=Nc1cccc(C)c1Br. The van der Waals surface area contributed by atoms with Crippen LogP contribution >= 0.6 is 15.9 Å². The summed E-state index contributed by atoms with van der Waals surface area (Å²) >= 11 is 3.44. The van der Waals surface area contributed by atoms with Gasteiger partial charge in [-0.1, -0.05) is 0 Å². The van der Waals surface area contributed by atoms with E-state index in [1.807, 2.05) is 25.1 Å². The Morgan fingerprint density at radius 2 is 2.25 bits per heavy atom. The van der Waals surface area contributed by atoms with Gasteiger partial charge in [-0.25, -0.2) is 0 Å². The zero-order valence-corrected chi connectivity index (χ0v) is 8.63. The molecular formula is C8H9BBrNO. The minimum atomic E-state index is 0.886. The quantitative estimate of drug-likeness (QED) is 0.710. The standard InChI is InChI=1S/C8H9BBrNO/c1-6-4-3-5-7(8(6)10)11-9-12-2/h3-5H,1-2H3. The predicted octanol–water partition coefficient (Wildman–Crippen LogP) is 2.84.